The number of rotatable bonds is 5. The maximum Gasteiger partial charge on any atom is 0.400 e. The molecule has 0 bridgehead atoms. The highest BCUT2D eigenvalue weighted by atomic mass is 32.2. The highest BCUT2D eigenvalue weighted by molar-refractivity contribution is 8.03. The third kappa shape index (κ3) is 3.80. The largest absolute Gasteiger partial charge is 0.400 e. The summed E-state index contributed by atoms with van der Waals surface area (Å²) < 4.78 is 40.5. The van der Waals surface area contributed by atoms with Crippen molar-refractivity contribution >= 4 is 22.7 Å². The Labute approximate surface area is 132 Å². The summed E-state index contributed by atoms with van der Waals surface area (Å²) in [6, 6.07) is 9.81. The molecule has 1 atom stereocenters. The minimum absolute atomic E-state index is 0.422. The number of hydrogen-bond acceptors (Lipinski definition) is 2. The summed E-state index contributed by atoms with van der Waals surface area (Å²) >= 11 is 0.862. The topological polar surface area (TPSA) is 17.0 Å². The number of para-hydroxylation sites is 1. The molecule has 0 fully saturated rings. The Morgan fingerprint density at radius 1 is 1.27 bits per heavy atom. The molecule has 6 heteroatoms. The van der Waals surface area contributed by atoms with Crippen LogP contribution in [0.2, 0.25) is 0 Å². The van der Waals surface area contributed by atoms with Gasteiger partial charge in [0, 0.05) is 29.4 Å². The molecule has 1 N–H and O–H groups in total. The van der Waals surface area contributed by atoms with Crippen LogP contribution >= 0.6 is 11.8 Å². The van der Waals surface area contributed by atoms with E-state index < -0.39 is 11.4 Å². The fourth-order valence-corrected chi connectivity index (χ4v) is 3.15. The second-order valence-corrected chi connectivity index (χ2v) is 6.54. The number of thioether (sulfide) groups is 1. The second kappa shape index (κ2) is 6.69. The van der Waals surface area contributed by atoms with Crippen LogP contribution in [0.25, 0.3) is 10.9 Å². The van der Waals surface area contributed by atoms with Crippen LogP contribution in [-0.2, 0) is 6.54 Å². The zero-order valence-electron chi connectivity index (χ0n) is 12.7. The van der Waals surface area contributed by atoms with Crippen LogP contribution in [0.5, 0.6) is 0 Å². The van der Waals surface area contributed by atoms with Gasteiger partial charge in [0.1, 0.15) is 5.25 Å². The molecule has 120 valence electrons. The van der Waals surface area contributed by atoms with Crippen molar-refractivity contribution in [3.05, 3.63) is 47.1 Å². The number of aromatic nitrogens is 1. The van der Waals surface area contributed by atoms with Crippen molar-refractivity contribution in [1.29, 1.82) is 0 Å². The van der Waals surface area contributed by atoms with Crippen LogP contribution in [0.4, 0.5) is 13.2 Å². The molecule has 1 aromatic heterocycles. The Bertz CT molecular complexity index is 673. The number of fused-ring (bicyclic) bond motifs is 1. The maximum absolute atomic E-state index is 12.8. The Kier molecular flexibility index (Phi) is 5.11. The van der Waals surface area contributed by atoms with E-state index in [4.69, 9.17) is 0 Å². The number of nitrogens with one attached hydrogen (secondary N) is 1. The normalized spacial score (nSPS) is 14.8. The zero-order valence-corrected chi connectivity index (χ0v) is 13.6. The first kappa shape index (κ1) is 16.8. The molecule has 1 aromatic carbocycles. The van der Waals surface area contributed by atoms with Crippen molar-refractivity contribution in [2.24, 2.45) is 0 Å². The number of allylic oxidation sites excluding steroid dienone is 2. The Morgan fingerprint density at radius 3 is 2.59 bits per heavy atom. The molecular formula is C16H19F3N2S. The molecule has 22 heavy (non-hydrogen) atoms. The zero-order chi connectivity index (χ0) is 16.3. The summed E-state index contributed by atoms with van der Waals surface area (Å²) in [6.07, 6.45) is -2.30. The average Bonchev–Trinajstić information content (AvgIpc) is 2.88. The van der Waals surface area contributed by atoms with Gasteiger partial charge in [0.25, 0.3) is 0 Å². The molecule has 0 aliphatic heterocycles. The standard InChI is InChI=1S/C16H19F3N2S/c1-11(20-3)15(22-12(2)16(17,18)19)10-21-9-8-13-6-4-5-7-14(13)21/h4-9,12,20H,10H2,1-3H3/b15-11-. The summed E-state index contributed by atoms with van der Waals surface area (Å²) in [6.45, 7) is 3.42. The van der Waals surface area contributed by atoms with Gasteiger partial charge in [-0.1, -0.05) is 18.2 Å². The highest BCUT2D eigenvalue weighted by Gasteiger charge is 2.37. The van der Waals surface area contributed by atoms with Gasteiger partial charge in [-0.3, -0.25) is 0 Å². The van der Waals surface area contributed by atoms with Gasteiger partial charge in [-0.15, -0.1) is 11.8 Å². The lowest BCUT2D eigenvalue weighted by Gasteiger charge is -2.20. The number of benzene rings is 1. The first-order valence-corrected chi connectivity index (χ1v) is 7.85. The summed E-state index contributed by atoms with van der Waals surface area (Å²) in [7, 11) is 1.72. The fourth-order valence-electron chi connectivity index (χ4n) is 2.10. The number of halogens is 3. The van der Waals surface area contributed by atoms with Gasteiger partial charge >= 0.3 is 6.18 Å². The quantitative estimate of drug-likeness (QED) is 0.851. The Hall–Kier alpha value is -1.56. The lowest BCUT2D eigenvalue weighted by atomic mass is 10.2. The average molecular weight is 328 g/mol. The van der Waals surface area contributed by atoms with Gasteiger partial charge in [-0.2, -0.15) is 13.2 Å². The van der Waals surface area contributed by atoms with E-state index in [0.717, 1.165) is 28.4 Å². The van der Waals surface area contributed by atoms with Crippen LogP contribution in [0.1, 0.15) is 13.8 Å². The predicted octanol–water partition coefficient (Wildman–Crippen LogP) is 4.78. The maximum atomic E-state index is 12.8. The van der Waals surface area contributed by atoms with Gasteiger partial charge in [0.15, 0.2) is 0 Å². The summed E-state index contributed by atoms with van der Waals surface area (Å²) in [5, 5.41) is 2.60. The van der Waals surface area contributed by atoms with E-state index in [1.54, 1.807) is 14.0 Å². The number of nitrogens with zero attached hydrogens (tertiary/aromatic N) is 1. The van der Waals surface area contributed by atoms with E-state index in [2.05, 4.69) is 5.32 Å². The monoisotopic (exact) mass is 328 g/mol. The molecule has 0 saturated heterocycles. The number of hydrogen-bond donors (Lipinski definition) is 1. The molecule has 2 aromatic rings. The molecule has 0 spiro atoms. The Morgan fingerprint density at radius 2 is 1.95 bits per heavy atom. The lowest BCUT2D eigenvalue weighted by molar-refractivity contribution is -0.125. The van der Waals surface area contributed by atoms with E-state index in [1.807, 2.05) is 41.1 Å². The summed E-state index contributed by atoms with van der Waals surface area (Å²) in [5.41, 5.74) is 1.78. The smallest absolute Gasteiger partial charge is 0.391 e. The van der Waals surface area contributed by atoms with E-state index in [1.165, 1.54) is 6.92 Å². The summed E-state index contributed by atoms with van der Waals surface area (Å²) in [4.78, 5) is 0.689. The van der Waals surface area contributed by atoms with Crippen molar-refractivity contribution in [1.82, 2.24) is 9.88 Å². The van der Waals surface area contributed by atoms with E-state index in [-0.39, 0.29) is 0 Å². The first-order valence-electron chi connectivity index (χ1n) is 6.97. The van der Waals surface area contributed by atoms with Gasteiger partial charge < -0.3 is 9.88 Å². The van der Waals surface area contributed by atoms with Crippen molar-refractivity contribution in [2.75, 3.05) is 7.05 Å². The van der Waals surface area contributed by atoms with Crippen LogP contribution < -0.4 is 5.32 Å². The number of alkyl halides is 3. The molecule has 2 rings (SSSR count). The minimum Gasteiger partial charge on any atom is -0.391 e. The van der Waals surface area contributed by atoms with Gasteiger partial charge in [-0.05, 0) is 31.4 Å². The van der Waals surface area contributed by atoms with Crippen molar-refractivity contribution in [2.45, 2.75) is 31.8 Å². The van der Waals surface area contributed by atoms with Crippen LogP contribution in [0.3, 0.4) is 0 Å². The van der Waals surface area contributed by atoms with E-state index >= 15 is 0 Å². The van der Waals surface area contributed by atoms with Gasteiger partial charge in [0.2, 0.25) is 0 Å². The van der Waals surface area contributed by atoms with E-state index in [0.29, 0.717) is 11.4 Å². The third-order valence-electron chi connectivity index (χ3n) is 3.57. The minimum atomic E-state index is -4.21. The molecule has 0 amide bonds. The first-order chi connectivity index (χ1) is 10.3. The van der Waals surface area contributed by atoms with Crippen molar-refractivity contribution < 1.29 is 13.2 Å². The van der Waals surface area contributed by atoms with Crippen LogP contribution in [-0.4, -0.2) is 23.0 Å². The van der Waals surface area contributed by atoms with Gasteiger partial charge in [-0.25, -0.2) is 0 Å². The van der Waals surface area contributed by atoms with Gasteiger partial charge in [0.05, 0.1) is 6.54 Å². The molecule has 2 nitrogen and oxygen atoms in total. The van der Waals surface area contributed by atoms with E-state index in [9.17, 15) is 13.2 Å². The molecule has 0 aliphatic rings. The van der Waals surface area contributed by atoms with Crippen molar-refractivity contribution in [3.63, 3.8) is 0 Å². The fraction of sp³-hybridized carbons (Fsp3) is 0.375. The summed E-state index contributed by atoms with van der Waals surface area (Å²) in [5.74, 6) is 0. The highest BCUT2D eigenvalue weighted by Crippen LogP contribution is 2.36. The van der Waals surface area contributed by atoms with Crippen molar-refractivity contribution in [3.8, 4) is 0 Å². The second-order valence-electron chi connectivity index (χ2n) is 5.10. The molecular weight excluding hydrogens is 309 g/mol. The molecule has 0 aliphatic carbocycles. The molecule has 0 saturated carbocycles. The lowest BCUT2D eigenvalue weighted by Crippen LogP contribution is -2.23. The molecule has 0 radical (unpaired) electrons. The third-order valence-corrected chi connectivity index (χ3v) is 4.91. The van der Waals surface area contributed by atoms with Crippen LogP contribution in [0.15, 0.2) is 47.1 Å². The SMILES string of the molecule is CN/C(C)=C(/Cn1ccc2ccccc21)SC(C)C(F)(F)F. The van der Waals surface area contributed by atoms with Crippen LogP contribution in [0, 0.1) is 0 Å². The predicted molar refractivity (Wildman–Crippen MR) is 86.8 cm³/mol. The Balaban J connectivity index is 2.28. The molecule has 1 unspecified atom stereocenters. The molecule has 1 heterocycles.